The van der Waals surface area contributed by atoms with Crippen LogP contribution < -0.4 is 20.1 Å². The Balaban J connectivity index is 1.31. The molecule has 1 unspecified atom stereocenters. The quantitative estimate of drug-likeness (QED) is 0.602. The second-order valence-electron chi connectivity index (χ2n) is 8.20. The predicted octanol–water partition coefficient (Wildman–Crippen LogP) is 4.72. The van der Waals surface area contributed by atoms with Crippen molar-refractivity contribution in [3.05, 3.63) is 63.2 Å². The summed E-state index contributed by atoms with van der Waals surface area (Å²) in [5, 5.41) is 6.45. The fraction of sp³-hybridized carbons (Fsp3) is 0.292. The highest BCUT2D eigenvalue weighted by Crippen LogP contribution is 2.39. The summed E-state index contributed by atoms with van der Waals surface area (Å²) in [5.41, 5.74) is 5.34. The SMILES string of the molecule is Cc1cc(C)c(NC(=O)C2CCc3sc(NC(=O)c4ccc5c(c4)OCO5)nc32)c(C)c1. The van der Waals surface area contributed by atoms with Crippen LogP contribution in [-0.2, 0) is 11.2 Å². The first-order valence-corrected chi connectivity index (χ1v) is 11.3. The standard InChI is InChI=1S/C24H23N3O4S/c1-12-8-13(2)20(14(3)9-12)25-23(29)16-5-7-19-21(16)26-24(32-19)27-22(28)15-4-6-17-18(10-15)31-11-30-17/h4,6,8-10,16H,5,7,11H2,1-3H3,(H,25,29)(H,26,27,28). The summed E-state index contributed by atoms with van der Waals surface area (Å²) in [4.78, 5) is 31.4. The minimum Gasteiger partial charge on any atom is -0.454 e. The Morgan fingerprint density at radius 3 is 2.56 bits per heavy atom. The molecule has 1 aromatic heterocycles. The molecule has 0 saturated carbocycles. The number of anilines is 2. The fourth-order valence-corrected chi connectivity index (χ4v) is 5.36. The van der Waals surface area contributed by atoms with E-state index in [1.54, 1.807) is 18.2 Å². The van der Waals surface area contributed by atoms with Crippen molar-refractivity contribution < 1.29 is 19.1 Å². The topological polar surface area (TPSA) is 89.6 Å². The van der Waals surface area contributed by atoms with Crippen LogP contribution in [0, 0.1) is 20.8 Å². The molecule has 3 aromatic rings. The maximum absolute atomic E-state index is 13.1. The number of carbonyl (C=O) groups is 2. The molecule has 0 spiro atoms. The summed E-state index contributed by atoms with van der Waals surface area (Å²) in [6.07, 6.45) is 1.50. The highest BCUT2D eigenvalue weighted by atomic mass is 32.1. The normalized spacial score (nSPS) is 16.0. The molecule has 0 bridgehead atoms. The molecular weight excluding hydrogens is 426 g/mol. The number of amides is 2. The van der Waals surface area contributed by atoms with Crippen molar-refractivity contribution in [3.8, 4) is 11.5 Å². The summed E-state index contributed by atoms with van der Waals surface area (Å²) < 4.78 is 10.6. The molecule has 2 aromatic carbocycles. The van der Waals surface area contributed by atoms with E-state index in [9.17, 15) is 9.59 Å². The van der Waals surface area contributed by atoms with Crippen LogP contribution in [0.2, 0.25) is 0 Å². The van der Waals surface area contributed by atoms with Crippen molar-refractivity contribution in [1.29, 1.82) is 0 Å². The van der Waals surface area contributed by atoms with Crippen LogP contribution in [0.25, 0.3) is 0 Å². The van der Waals surface area contributed by atoms with Crippen LogP contribution in [0.3, 0.4) is 0 Å². The molecule has 2 N–H and O–H groups in total. The van der Waals surface area contributed by atoms with Gasteiger partial charge in [0, 0.05) is 16.1 Å². The molecule has 2 aliphatic rings. The summed E-state index contributed by atoms with van der Waals surface area (Å²) in [7, 11) is 0. The van der Waals surface area contributed by atoms with Crippen LogP contribution in [0.4, 0.5) is 10.8 Å². The number of rotatable bonds is 4. The second kappa shape index (κ2) is 7.94. The number of nitrogens with one attached hydrogen (secondary N) is 2. The monoisotopic (exact) mass is 449 g/mol. The third-order valence-corrected chi connectivity index (χ3v) is 6.86. The number of aromatic nitrogens is 1. The Morgan fingerprint density at radius 2 is 1.78 bits per heavy atom. The van der Waals surface area contributed by atoms with E-state index in [-0.39, 0.29) is 24.5 Å². The molecule has 1 aliphatic heterocycles. The van der Waals surface area contributed by atoms with E-state index in [0.717, 1.165) is 40.2 Å². The number of aryl methyl sites for hydroxylation is 4. The van der Waals surface area contributed by atoms with Crippen molar-refractivity contribution >= 4 is 34.0 Å². The molecule has 7 nitrogen and oxygen atoms in total. The number of thiazole rings is 1. The van der Waals surface area contributed by atoms with Crippen molar-refractivity contribution in [1.82, 2.24) is 4.98 Å². The molecule has 2 heterocycles. The molecule has 0 radical (unpaired) electrons. The number of hydrogen-bond acceptors (Lipinski definition) is 6. The highest BCUT2D eigenvalue weighted by molar-refractivity contribution is 7.16. The first kappa shape index (κ1) is 20.5. The van der Waals surface area contributed by atoms with E-state index in [4.69, 9.17) is 9.47 Å². The van der Waals surface area contributed by atoms with Crippen molar-refractivity contribution in [2.75, 3.05) is 17.4 Å². The summed E-state index contributed by atoms with van der Waals surface area (Å²) in [5.74, 6) is 0.526. The Morgan fingerprint density at radius 1 is 1.03 bits per heavy atom. The Bertz CT molecular complexity index is 1230. The van der Waals surface area contributed by atoms with E-state index < -0.39 is 0 Å². The smallest absolute Gasteiger partial charge is 0.257 e. The van der Waals surface area contributed by atoms with E-state index >= 15 is 0 Å². The van der Waals surface area contributed by atoms with Gasteiger partial charge in [-0.05, 0) is 62.9 Å². The summed E-state index contributed by atoms with van der Waals surface area (Å²) in [6.45, 7) is 6.21. The summed E-state index contributed by atoms with van der Waals surface area (Å²) >= 11 is 1.43. The van der Waals surface area contributed by atoms with Gasteiger partial charge in [-0.15, -0.1) is 11.3 Å². The van der Waals surface area contributed by atoms with Crippen molar-refractivity contribution in [2.45, 2.75) is 39.5 Å². The first-order chi connectivity index (χ1) is 15.4. The van der Waals surface area contributed by atoms with E-state index in [0.29, 0.717) is 22.2 Å². The molecule has 8 heteroatoms. The van der Waals surface area contributed by atoms with Gasteiger partial charge < -0.3 is 14.8 Å². The number of nitrogens with zero attached hydrogens (tertiary/aromatic N) is 1. The molecule has 5 rings (SSSR count). The average molecular weight is 450 g/mol. The van der Waals surface area contributed by atoms with Crippen molar-refractivity contribution in [3.63, 3.8) is 0 Å². The molecule has 32 heavy (non-hydrogen) atoms. The van der Waals surface area contributed by atoms with Crippen LogP contribution in [-0.4, -0.2) is 23.6 Å². The number of benzene rings is 2. The van der Waals surface area contributed by atoms with Gasteiger partial charge in [-0.2, -0.15) is 0 Å². The maximum atomic E-state index is 13.1. The van der Waals surface area contributed by atoms with Crippen LogP contribution in [0.15, 0.2) is 30.3 Å². The zero-order chi connectivity index (χ0) is 22.4. The predicted molar refractivity (Wildman–Crippen MR) is 123 cm³/mol. The van der Waals surface area contributed by atoms with Gasteiger partial charge in [-0.1, -0.05) is 17.7 Å². The van der Waals surface area contributed by atoms with Crippen LogP contribution in [0.5, 0.6) is 11.5 Å². The molecule has 2 amide bonds. The lowest BCUT2D eigenvalue weighted by atomic mass is 10.0. The molecule has 1 aliphatic carbocycles. The van der Waals surface area contributed by atoms with Gasteiger partial charge >= 0.3 is 0 Å². The first-order valence-electron chi connectivity index (χ1n) is 10.5. The van der Waals surface area contributed by atoms with Gasteiger partial charge in [0.15, 0.2) is 16.6 Å². The third-order valence-electron chi connectivity index (χ3n) is 5.81. The number of hydrogen-bond donors (Lipinski definition) is 2. The lowest BCUT2D eigenvalue weighted by Crippen LogP contribution is -2.21. The lowest BCUT2D eigenvalue weighted by Gasteiger charge is -2.15. The molecule has 0 saturated heterocycles. The van der Waals surface area contributed by atoms with E-state index in [1.807, 2.05) is 20.8 Å². The zero-order valence-electron chi connectivity index (χ0n) is 18.1. The van der Waals surface area contributed by atoms with Crippen LogP contribution >= 0.6 is 11.3 Å². The van der Waals surface area contributed by atoms with Gasteiger partial charge in [0.1, 0.15) is 0 Å². The Labute approximate surface area is 189 Å². The molecule has 1 atom stereocenters. The second-order valence-corrected chi connectivity index (χ2v) is 9.29. The van der Waals surface area contributed by atoms with Gasteiger partial charge in [-0.25, -0.2) is 4.98 Å². The zero-order valence-corrected chi connectivity index (χ0v) is 18.9. The molecule has 0 fully saturated rings. The molecular formula is C24H23N3O4S. The minimum absolute atomic E-state index is 0.0576. The fourth-order valence-electron chi connectivity index (χ4n) is 4.33. The average Bonchev–Trinajstić information content (AvgIpc) is 3.45. The van der Waals surface area contributed by atoms with Gasteiger partial charge in [0.05, 0.1) is 11.6 Å². The Kier molecular flexibility index (Phi) is 5.09. The number of carbonyl (C=O) groups excluding carboxylic acids is 2. The maximum Gasteiger partial charge on any atom is 0.257 e. The third kappa shape index (κ3) is 3.71. The highest BCUT2D eigenvalue weighted by Gasteiger charge is 2.33. The number of ether oxygens (including phenoxy) is 2. The van der Waals surface area contributed by atoms with Crippen LogP contribution in [0.1, 0.15) is 50.0 Å². The van der Waals surface area contributed by atoms with Gasteiger partial charge in [0.25, 0.3) is 5.91 Å². The summed E-state index contributed by atoms with van der Waals surface area (Å²) in [6, 6.07) is 9.19. The molecule has 164 valence electrons. The van der Waals surface area contributed by atoms with E-state index in [1.165, 1.54) is 16.9 Å². The largest absolute Gasteiger partial charge is 0.454 e. The van der Waals surface area contributed by atoms with Crippen molar-refractivity contribution in [2.24, 2.45) is 0 Å². The van der Waals surface area contributed by atoms with Gasteiger partial charge in [0.2, 0.25) is 12.7 Å². The minimum atomic E-state index is -0.322. The van der Waals surface area contributed by atoms with Gasteiger partial charge in [-0.3, -0.25) is 14.9 Å². The number of fused-ring (bicyclic) bond motifs is 2. The van der Waals surface area contributed by atoms with E-state index in [2.05, 4.69) is 27.8 Å². The Hall–Kier alpha value is -3.39. The lowest BCUT2D eigenvalue weighted by molar-refractivity contribution is -0.117.